The fraction of sp³-hybridized carbons (Fsp3) is 0.562. The summed E-state index contributed by atoms with van der Waals surface area (Å²) in [5.41, 5.74) is 1.64. The fourth-order valence-electron chi connectivity index (χ4n) is 4.88. The quantitative estimate of drug-likeness (QED) is 0.409. The molecule has 3 rings (SSSR count). The Hall–Kier alpha value is -2.90. The van der Waals surface area contributed by atoms with Crippen molar-refractivity contribution >= 4 is 11.8 Å². The van der Waals surface area contributed by atoms with Crippen LogP contribution < -0.4 is 15.4 Å². The van der Waals surface area contributed by atoms with Crippen LogP contribution in [0, 0.1) is 5.92 Å². The molecule has 39 heavy (non-hydrogen) atoms. The van der Waals surface area contributed by atoms with E-state index in [1.165, 1.54) is 0 Å². The van der Waals surface area contributed by atoms with Crippen LogP contribution in [-0.2, 0) is 27.4 Å². The van der Waals surface area contributed by atoms with Gasteiger partial charge < -0.3 is 20.1 Å². The second-order valence-electron chi connectivity index (χ2n) is 12.1. The maximum Gasteiger partial charge on any atom is 0.243 e. The number of amides is 2. The lowest BCUT2D eigenvalue weighted by molar-refractivity contribution is -0.133. The molecule has 7 nitrogen and oxygen atoms in total. The molecule has 214 valence electrons. The van der Waals surface area contributed by atoms with E-state index in [1.807, 2.05) is 82.4 Å². The highest BCUT2D eigenvalue weighted by Crippen LogP contribution is 2.21. The first-order chi connectivity index (χ1) is 18.5. The Labute approximate surface area is 234 Å². The average Bonchev–Trinajstić information content (AvgIpc) is 2.90. The van der Waals surface area contributed by atoms with Crippen molar-refractivity contribution in [3.63, 3.8) is 0 Å². The van der Waals surface area contributed by atoms with Gasteiger partial charge in [0.25, 0.3) is 0 Å². The van der Waals surface area contributed by atoms with Crippen LogP contribution in [0.1, 0.15) is 65.0 Å². The first-order valence-corrected chi connectivity index (χ1v) is 14.2. The Balaban J connectivity index is 1.72. The third-order valence-corrected chi connectivity index (χ3v) is 7.00. The SMILES string of the molecule is CC(C)C[C@H](C(=O)N[C@@H](Cc1ccc(OCc2ccccc2)cc1)C(=O)NC(C)(C)C)N(C)C1CCOCC1. The van der Waals surface area contributed by atoms with Crippen LogP contribution in [0.25, 0.3) is 0 Å². The van der Waals surface area contributed by atoms with Crippen molar-refractivity contribution in [1.29, 1.82) is 0 Å². The normalized spacial score (nSPS) is 16.1. The van der Waals surface area contributed by atoms with Gasteiger partial charge in [-0.05, 0) is 76.3 Å². The minimum Gasteiger partial charge on any atom is -0.489 e. The maximum absolute atomic E-state index is 13.7. The molecule has 0 aromatic heterocycles. The Kier molecular flexibility index (Phi) is 11.4. The van der Waals surface area contributed by atoms with E-state index < -0.39 is 11.6 Å². The molecule has 1 saturated heterocycles. The van der Waals surface area contributed by atoms with Gasteiger partial charge in [0.1, 0.15) is 18.4 Å². The molecule has 0 aliphatic carbocycles. The number of nitrogens with zero attached hydrogens (tertiary/aromatic N) is 1. The number of carbonyl (C=O) groups excluding carboxylic acids is 2. The van der Waals surface area contributed by atoms with Crippen molar-refractivity contribution in [2.45, 2.75) is 90.6 Å². The van der Waals surface area contributed by atoms with Gasteiger partial charge >= 0.3 is 0 Å². The summed E-state index contributed by atoms with van der Waals surface area (Å²) in [5, 5.41) is 6.18. The largest absolute Gasteiger partial charge is 0.489 e. The lowest BCUT2D eigenvalue weighted by Crippen LogP contribution is -2.58. The Morgan fingerprint density at radius 1 is 0.974 bits per heavy atom. The number of hydrogen-bond acceptors (Lipinski definition) is 5. The third kappa shape index (κ3) is 10.3. The lowest BCUT2D eigenvalue weighted by atomic mass is 9.97. The molecule has 0 saturated carbocycles. The summed E-state index contributed by atoms with van der Waals surface area (Å²) in [6.45, 7) is 12.0. The van der Waals surface area contributed by atoms with E-state index in [1.54, 1.807) is 0 Å². The van der Waals surface area contributed by atoms with Crippen LogP contribution in [-0.4, -0.2) is 60.6 Å². The van der Waals surface area contributed by atoms with Crippen LogP contribution in [0.15, 0.2) is 54.6 Å². The van der Waals surface area contributed by atoms with Gasteiger partial charge in [-0.15, -0.1) is 0 Å². The number of likely N-dealkylation sites (N-methyl/N-ethyl adjacent to an activating group) is 1. The second kappa shape index (κ2) is 14.5. The highest BCUT2D eigenvalue weighted by Gasteiger charge is 2.33. The summed E-state index contributed by atoms with van der Waals surface area (Å²) < 4.78 is 11.5. The van der Waals surface area contributed by atoms with Crippen molar-refractivity contribution < 1.29 is 19.1 Å². The van der Waals surface area contributed by atoms with E-state index >= 15 is 0 Å². The van der Waals surface area contributed by atoms with Crippen molar-refractivity contribution in [1.82, 2.24) is 15.5 Å². The van der Waals surface area contributed by atoms with Gasteiger partial charge in [-0.1, -0.05) is 56.3 Å². The molecule has 7 heteroatoms. The summed E-state index contributed by atoms with van der Waals surface area (Å²) in [4.78, 5) is 29.3. The van der Waals surface area contributed by atoms with Crippen LogP contribution in [0.2, 0.25) is 0 Å². The number of ether oxygens (including phenoxy) is 2. The highest BCUT2D eigenvalue weighted by molar-refractivity contribution is 5.90. The lowest BCUT2D eigenvalue weighted by Gasteiger charge is -2.37. The standard InChI is InChI=1S/C32H47N3O4/c1-23(2)20-29(35(6)26-16-18-38-19-17-26)31(37)33-28(30(36)34-32(3,4)5)21-24-12-14-27(15-13-24)39-22-25-10-8-7-9-11-25/h7-15,23,26,28-29H,16-22H2,1-6H3,(H,33,37)(H,34,36)/t28-,29+/m0/s1. The predicted molar refractivity (Wildman–Crippen MR) is 156 cm³/mol. The van der Waals surface area contributed by atoms with Crippen LogP contribution in [0.5, 0.6) is 5.75 Å². The van der Waals surface area contributed by atoms with Crippen molar-refractivity contribution in [2.24, 2.45) is 5.92 Å². The molecule has 2 aromatic rings. The summed E-state index contributed by atoms with van der Waals surface area (Å²) in [6, 6.07) is 17.1. The van der Waals surface area contributed by atoms with Gasteiger partial charge in [0, 0.05) is 31.2 Å². The summed E-state index contributed by atoms with van der Waals surface area (Å²) in [7, 11) is 2.03. The van der Waals surface area contributed by atoms with Crippen LogP contribution >= 0.6 is 0 Å². The molecule has 1 fully saturated rings. The van der Waals surface area contributed by atoms with Crippen molar-refractivity contribution in [3.8, 4) is 5.75 Å². The van der Waals surface area contributed by atoms with Crippen LogP contribution in [0.3, 0.4) is 0 Å². The molecule has 0 unspecified atom stereocenters. The minimum atomic E-state index is -0.689. The molecule has 0 spiro atoms. The van der Waals surface area contributed by atoms with E-state index in [9.17, 15) is 9.59 Å². The van der Waals surface area contributed by atoms with Crippen molar-refractivity contribution in [3.05, 3.63) is 65.7 Å². The molecule has 2 N–H and O–H groups in total. The molecule has 2 amide bonds. The van der Waals surface area contributed by atoms with E-state index in [0.717, 1.165) is 36.1 Å². The zero-order chi connectivity index (χ0) is 28.4. The average molecular weight is 538 g/mol. The van der Waals surface area contributed by atoms with E-state index in [4.69, 9.17) is 9.47 Å². The second-order valence-corrected chi connectivity index (χ2v) is 12.1. The molecular formula is C32H47N3O4. The molecular weight excluding hydrogens is 490 g/mol. The molecule has 0 radical (unpaired) electrons. The Morgan fingerprint density at radius 2 is 1.62 bits per heavy atom. The summed E-state index contributed by atoms with van der Waals surface area (Å²) in [5.74, 6) is 0.817. The van der Waals surface area contributed by atoms with Gasteiger partial charge in [-0.2, -0.15) is 0 Å². The first-order valence-electron chi connectivity index (χ1n) is 14.2. The van der Waals surface area contributed by atoms with Gasteiger partial charge in [-0.3, -0.25) is 14.5 Å². The summed E-state index contributed by atoms with van der Waals surface area (Å²) in [6.07, 6.45) is 2.93. The molecule has 1 heterocycles. The van der Waals surface area contributed by atoms with Gasteiger partial charge in [0.2, 0.25) is 11.8 Å². The molecule has 2 atom stereocenters. The Morgan fingerprint density at radius 3 is 2.21 bits per heavy atom. The van der Waals surface area contributed by atoms with Crippen molar-refractivity contribution in [2.75, 3.05) is 20.3 Å². The zero-order valence-electron chi connectivity index (χ0n) is 24.5. The minimum absolute atomic E-state index is 0.102. The topological polar surface area (TPSA) is 79.9 Å². The predicted octanol–water partition coefficient (Wildman–Crippen LogP) is 4.73. The molecule has 1 aliphatic heterocycles. The Bertz CT molecular complexity index is 1030. The number of carbonyl (C=O) groups is 2. The highest BCUT2D eigenvalue weighted by atomic mass is 16.5. The van der Waals surface area contributed by atoms with E-state index in [-0.39, 0.29) is 17.9 Å². The van der Waals surface area contributed by atoms with E-state index in [2.05, 4.69) is 29.4 Å². The molecule has 0 bridgehead atoms. The number of rotatable bonds is 12. The molecule has 2 aromatic carbocycles. The third-order valence-electron chi connectivity index (χ3n) is 7.00. The van der Waals surface area contributed by atoms with Crippen LogP contribution in [0.4, 0.5) is 0 Å². The number of benzene rings is 2. The zero-order valence-corrected chi connectivity index (χ0v) is 24.5. The van der Waals surface area contributed by atoms with E-state index in [0.29, 0.717) is 38.2 Å². The smallest absolute Gasteiger partial charge is 0.243 e. The monoisotopic (exact) mass is 537 g/mol. The molecule has 1 aliphatic rings. The van der Waals surface area contributed by atoms with Gasteiger partial charge in [0.15, 0.2) is 0 Å². The number of hydrogen-bond donors (Lipinski definition) is 2. The first kappa shape index (κ1) is 30.6. The van der Waals surface area contributed by atoms with Gasteiger partial charge in [-0.25, -0.2) is 0 Å². The number of nitrogens with one attached hydrogen (secondary N) is 2. The van der Waals surface area contributed by atoms with Gasteiger partial charge in [0.05, 0.1) is 6.04 Å². The maximum atomic E-state index is 13.7. The summed E-state index contributed by atoms with van der Waals surface area (Å²) >= 11 is 0. The fourth-order valence-corrected chi connectivity index (χ4v) is 4.88.